The molecule has 0 amide bonds. The number of hydrogen-bond donors (Lipinski definition) is 2. The first-order chi connectivity index (χ1) is 19.9. The van der Waals surface area contributed by atoms with Gasteiger partial charge in [0.15, 0.2) is 0 Å². The molecule has 0 fully saturated rings. The molecule has 14 heteroatoms. The second kappa shape index (κ2) is 13.4. The van der Waals surface area contributed by atoms with Gasteiger partial charge < -0.3 is 9.47 Å². The first-order valence-corrected chi connectivity index (χ1v) is 16.2. The highest BCUT2D eigenvalue weighted by molar-refractivity contribution is 8.13. The second-order valence-electron chi connectivity index (χ2n) is 8.22. The first-order valence-electron chi connectivity index (χ1n) is 11.7. The third-order valence-corrected chi connectivity index (χ3v) is 8.59. The molecule has 216 valence electrons. The summed E-state index contributed by atoms with van der Waals surface area (Å²) in [4.78, 5) is 24.5. The zero-order chi connectivity index (χ0) is 30.3. The van der Waals surface area contributed by atoms with E-state index in [-0.39, 0.29) is 22.6 Å². The summed E-state index contributed by atoms with van der Waals surface area (Å²) in [7, 11) is -9.63. The monoisotopic (exact) mass is 644 g/mol. The van der Waals surface area contributed by atoms with Crippen molar-refractivity contribution in [1.29, 1.82) is 0 Å². The first kappa shape index (κ1) is 31.0. The van der Waals surface area contributed by atoms with Gasteiger partial charge in [0.25, 0.3) is 20.2 Å². The van der Waals surface area contributed by atoms with E-state index in [0.717, 1.165) is 35.7 Å². The molecule has 2 N–H and O–H groups in total. The Bertz CT molecular complexity index is 1720. The molecule has 4 aromatic carbocycles. The molecule has 0 aromatic heterocycles. The maximum atomic E-state index is 12.3. The lowest BCUT2D eigenvalue weighted by molar-refractivity contribution is 0.226. The molecule has 0 aliphatic rings. The molecular formula is C28H20O10S4. The van der Waals surface area contributed by atoms with E-state index in [1.165, 1.54) is 36.4 Å². The molecule has 0 radical (unpaired) electrons. The van der Waals surface area contributed by atoms with Crippen molar-refractivity contribution < 1.29 is 45.0 Å². The molecule has 0 atom stereocenters. The fraction of sp³-hybridized carbons (Fsp3) is 0. The summed E-state index contributed by atoms with van der Waals surface area (Å²) in [5, 5.41) is -1.49. The number of rotatable bonds is 8. The van der Waals surface area contributed by atoms with Crippen LogP contribution in [0.15, 0.2) is 117 Å². The molecule has 0 unspecified atom stereocenters. The minimum absolute atomic E-state index is 0.0796. The fourth-order valence-electron chi connectivity index (χ4n) is 3.46. The number of carbonyl (C=O) groups excluding carboxylic acids is 2. The average molecular weight is 645 g/mol. The summed E-state index contributed by atoms with van der Waals surface area (Å²) in [6.45, 7) is 0. The Hall–Kier alpha value is -3.92. The highest BCUT2D eigenvalue weighted by Crippen LogP contribution is 2.30. The van der Waals surface area contributed by atoms with Gasteiger partial charge in [-0.1, -0.05) is 48.6 Å². The van der Waals surface area contributed by atoms with E-state index in [9.17, 15) is 35.5 Å². The minimum atomic E-state index is -4.82. The number of thioether (sulfide) groups is 2. The summed E-state index contributed by atoms with van der Waals surface area (Å²) in [5.41, 5.74) is -0.159. The minimum Gasteiger partial charge on any atom is -0.418 e. The van der Waals surface area contributed by atoms with Crippen molar-refractivity contribution in [2.24, 2.45) is 0 Å². The van der Waals surface area contributed by atoms with Crippen LogP contribution < -0.4 is 9.47 Å². The largest absolute Gasteiger partial charge is 0.418 e. The summed E-state index contributed by atoms with van der Waals surface area (Å²) in [6.07, 6.45) is 2.35. The zero-order valence-corrected chi connectivity index (χ0v) is 24.5. The van der Waals surface area contributed by atoms with Gasteiger partial charge >= 0.3 is 10.6 Å². The third-order valence-electron chi connectivity index (χ3n) is 5.26. The Morgan fingerprint density at radius 1 is 0.571 bits per heavy atom. The molecule has 0 aliphatic heterocycles. The maximum absolute atomic E-state index is 12.3. The van der Waals surface area contributed by atoms with E-state index in [2.05, 4.69) is 0 Å². The van der Waals surface area contributed by atoms with E-state index in [4.69, 9.17) is 9.47 Å². The van der Waals surface area contributed by atoms with E-state index < -0.39 is 40.6 Å². The number of carbonyl (C=O) groups is 2. The van der Waals surface area contributed by atoms with Crippen LogP contribution in [0, 0.1) is 0 Å². The van der Waals surface area contributed by atoms with Crippen molar-refractivity contribution in [3.8, 4) is 11.5 Å². The van der Waals surface area contributed by atoms with Crippen LogP contribution in [0.4, 0.5) is 9.59 Å². The van der Waals surface area contributed by atoms with Crippen molar-refractivity contribution in [2.45, 2.75) is 19.6 Å². The third kappa shape index (κ3) is 8.79. The Morgan fingerprint density at radius 2 is 0.929 bits per heavy atom. The smallest absolute Gasteiger partial charge is 0.377 e. The van der Waals surface area contributed by atoms with Crippen LogP contribution in [0.25, 0.3) is 12.2 Å². The molecule has 0 bridgehead atoms. The van der Waals surface area contributed by atoms with Crippen LogP contribution in [-0.2, 0) is 20.2 Å². The summed E-state index contributed by atoms with van der Waals surface area (Å²) >= 11 is 1.54. The molecule has 0 saturated heterocycles. The van der Waals surface area contributed by atoms with E-state index in [1.54, 1.807) is 60.7 Å². The van der Waals surface area contributed by atoms with Crippen LogP contribution in [0.5, 0.6) is 11.5 Å². The topological polar surface area (TPSA) is 161 Å². The maximum Gasteiger partial charge on any atom is 0.377 e. The van der Waals surface area contributed by atoms with Gasteiger partial charge in [-0.3, -0.25) is 9.11 Å². The molecule has 0 heterocycles. The zero-order valence-electron chi connectivity index (χ0n) is 21.2. The van der Waals surface area contributed by atoms with E-state index in [0.29, 0.717) is 9.79 Å². The van der Waals surface area contributed by atoms with Crippen molar-refractivity contribution >= 4 is 66.5 Å². The predicted molar refractivity (Wildman–Crippen MR) is 158 cm³/mol. The standard InChI is InChI=1S/C28H20O10S4/c29-27(39-23-7-3-1-4-8-23)37-21-15-13-19(25(17-21)41(31,32)33)11-12-20-14-16-22(18-26(20)42(34,35)36)38-28(30)40-24-9-5-2-6-10-24/h1-18H,(H,31,32,33)(H,34,35,36). The van der Waals surface area contributed by atoms with Crippen LogP contribution >= 0.6 is 23.5 Å². The lowest BCUT2D eigenvalue weighted by atomic mass is 10.1. The Labute approximate surface area is 249 Å². The number of benzene rings is 4. The van der Waals surface area contributed by atoms with Crippen LogP contribution in [0.3, 0.4) is 0 Å². The molecule has 0 spiro atoms. The summed E-state index contributed by atoms with van der Waals surface area (Å²) in [6, 6.07) is 24.1. The lowest BCUT2D eigenvalue weighted by Crippen LogP contribution is -2.05. The van der Waals surface area contributed by atoms with Gasteiger partial charge in [-0.25, -0.2) is 9.59 Å². The summed E-state index contributed by atoms with van der Waals surface area (Å²) < 4.78 is 78.3. The molecule has 4 aromatic rings. The highest BCUT2D eigenvalue weighted by Gasteiger charge is 2.20. The SMILES string of the molecule is O=C(Oc1ccc(C=Cc2ccc(OC(=O)Sc3ccccc3)cc2S(=O)(=O)O)c(S(=O)(=O)O)c1)Sc1ccccc1. The van der Waals surface area contributed by atoms with Gasteiger partial charge in [-0.15, -0.1) is 0 Å². The van der Waals surface area contributed by atoms with Crippen molar-refractivity contribution in [1.82, 2.24) is 0 Å². The number of ether oxygens (including phenoxy) is 2. The Kier molecular flexibility index (Phi) is 9.88. The molecule has 10 nitrogen and oxygen atoms in total. The quantitative estimate of drug-likeness (QED) is 0.0882. The predicted octanol–water partition coefficient (Wildman–Crippen LogP) is 6.93. The van der Waals surface area contributed by atoms with Crippen molar-refractivity contribution in [2.75, 3.05) is 0 Å². The highest BCUT2D eigenvalue weighted by atomic mass is 32.2. The van der Waals surface area contributed by atoms with E-state index >= 15 is 0 Å². The molecular weight excluding hydrogens is 625 g/mol. The lowest BCUT2D eigenvalue weighted by Gasteiger charge is -2.09. The van der Waals surface area contributed by atoms with Gasteiger partial charge in [0.2, 0.25) is 0 Å². The van der Waals surface area contributed by atoms with Crippen LogP contribution in [0.2, 0.25) is 0 Å². The van der Waals surface area contributed by atoms with Crippen LogP contribution in [-0.4, -0.2) is 36.5 Å². The normalized spacial score (nSPS) is 11.8. The van der Waals surface area contributed by atoms with Gasteiger partial charge in [-0.05, 0) is 83.2 Å². The average Bonchev–Trinajstić information content (AvgIpc) is 2.92. The Balaban J connectivity index is 1.57. The van der Waals surface area contributed by atoms with Gasteiger partial charge in [-0.2, -0.15) is 16.8 Å². The van der Waals surface area contributed by atoms with Gasteiger partial charge in [0.1, 0.15) is 21.3 Å². The van der Waals surface area contributed by atoms with Crippen molar-refractivity contribution in [3.63, 3.8) is 0 Å². The molecule has 0 saturated carbocycles. The molecule has 0 aliphatic carbocycles. The van der Waals surface area contributed by atoms with Gasteiger partial charge in [0, 0.05) is 21.9 Å². The second-order valence-corrected chi connectivity index (χ2v) is 13.0. The fourth-order valence-corrected chi connectivity index (χ4v) is 6.11. The summed E-state index contributed by atoms with van der Waals surface area (Å²) in [5.74, 6) is -0.322. The molecule has 42 heavy (non-hydrogen) atoms. The number of hydrogen-bond acceptors (Lipinski definition) is 10. The van der Waals surface area contributed by atoms with Crippen molar-refractivity contribution in [3.05, 3.63) is 108 Å². The van der Waals surface area contributed by atoms with Gasteiger partial charge in [0.05, 0.1) is 0 Å². The van der Waals surface area contributed by atoms with Crippen LogP contribution in [0.1, 0.15) is 11.1 Å². The molecule has 4 rings (SSSR count). The Morgan fingerprint density at radius 3 is 1.26 bits per heavy atom. The van der Waals surface area contributed by atoms with E-state index in [1.807, 2.05) is 0 Å².